The maximum Gasteiger partial charge on any atom is 0.248 e. The van der Waals surface area contributed by atoms with Gasteiger partial charge < -0.3 is 5.32 Å². The zero-order valence-corrected chi connectivity index (χ0v) is 17.9. The van der Waals surface area contributed by atoms with Crippen LogP contribution in [0, 0.1) is 6.92 Å². The summed E-state index contributed by atoms with van der Waals surface area (Å²) in [6, 6.07) is 11.0. The molecule has 0 saturated carbocycles. The number of amides is 1. The predicted molar refractivity (Wildman–Crippen MR) is 115 cm³/mol. The summed E-state index contributed by atoms with van der Waals surface area (Å²) in [7, 11) is -6.95. The first-order chi connectivity index (χ1) is 13.5. The summed E-state index contributed by atoms with van der Waals surface area (Å²) in [5, 5.41) is 2.65. The van der Waals surface area contributed by atoms with Crippen molar-refractivity contribution in [3.8, 4) is 0 Å². The molecule has 2 aromatic rings. The fraction of sp³-hybridized carbons (Fsp3) is 0.211. The highest BCUT2D eigenvalue weighted by atomic mass is 32.2. The number of hydrogen-bond donors (Lipinski definition) is 3. The zero-order valence-electron chi connectivity index (χ0n) is 16.3. The van der Waals surface area contributed by atoms with Crippen LogP contribution < -0.4 is 14.8 Å². The van der Waals surface area contributed by atoms with Gasteiger partial charge in [0.05, 0.1) is 16.8 Å². The molecule has 29 heavy (non-hydrogen) atoms. The molecule has 8 nitrogen and oxygen atoms in total. The minimum Gasteiger partial charge on any atom is -0.322 e. The van der Waals surface area contributed by atoms with Crippen molar-refractivity contribution in [2.45, 2.75) is 18.7 Å². The Bertz CT molecular complexity index is 1120. The van der Waals surface area contributed by atoms with Crippen LogP contribution in [0.25, 0.3) is 6.08 Å². The topological polar surface area (TPSA) is 121 Å². The number of anilines is 2. The van der Waals surface area contributed by atoms with E-state index >= 15 is 0 Å². The van der Waals surface area contributed by atoms with Crippen molar-refractivity contribution in [2.24, 2.45) is 0 Å². The van der Waals surface area contributed by atoms with Gasteiger partial charge in [-0.05, 0) is 48.4 Å². The fourth-order valence-corrected chi connectivity index (χ4v) is 4.06. The van der Waals surface area contributed by atoms with E-state index in [4.69, 9.17) is 0 Å². The summed E-state index contributed by atoms with van der Waals surface area (Å²) in [6.45, 7) is 3.74. The third-order valence-corrected chi connectivity index (χ3v) is 5.90. The number of sulfonamides is 2. The average Bonchev–Trinajstić information content (AvgIpc) is 2.62. The van der Waals surface area contributed by atoms with Gasteiger partial charge in [-0.1, -0.05) is 25.1 Å². The smallest absolute Gasteiger partial charge is 0.248 e. The second-order valence-corrected chi connectivity index (χ2v) is 9.81. The Morgan fingerprint density at radius 2 is 1.69 bits per heavy atom. The summed E-state index contributed by atoms with van der Waals surface area (Å²) in [4.78, 5) is 12.3. The molecule has 156 valence electrons. The van der Waals surface area contributed by atoms with E-state index in [1.165, 1.54) is 24.3 Å². The van der Waals surface area contributed by atoms with Crippen LogP contribution in [-0.2, 0) is 24.8 Å². The molecule has 0 unspecified atom stereocenters. The Morgan fingerprint density at radius 3 is 2.28 bits per heavy atom. The van der Waals surface area contributed by atoms with E-state index in [1.54, 1.807) is 44.2 Å². The van der Waals surface area contributed by atoms with Crippen molar-refractivity contribution < 1.29 is 21.6 Å². The molecule has 10 heteroatoms. The van der Waals surface area contributed by atoms with Crippen LogP contribution in [-0.4, -0.2) is 35.5 Å². The van der Waals surface area contributed by atoms with E-state index in [-0.39, 0.29) is 4.90 Å². The number of aryl methyl sites for hydroxylation is 1. The summed E-state index contributed by atoms with van der Waals surface area (Å²) >= 11 is 0. The number of benzene rings is 2. The Balaban J connectivity index is 2.07. The van der Waals surface area contributed by atoms with Crippen molar-refractivity contribution in [3.05, 3.63) is 59.7 Å². The Labute approximate surface area is 171 Å². The summed E-state index contributed by atoms with van der Waals surface area (Å²) < 4.78 is 51.5. The first-order valence-corrected chi connectivity index (χ1v) is 12.0. The Kier molecular flexibility index (Phi) is 7.17. The molecule has 3 N–H and O–H groups in total. The highest BCUT2D eigenvalue weighted by Crippen LogP contribution is 2.21. The second-order valence-electron chi connectivity index (χ2n) is 6.30. The van der Waals surface area contributed by atoms with Crippen LogP contribution in [0.3, 0.4) is 0 Å². The highest BCUT2D eigenvalue weighted by Gasteiger charge is 2.11. The molecule has 0 fully saturated rings. The Morgan fingerprint density at radius 1 is 1.03 bits per heavy atom. The zero-order chi connectivity index (χ0) is 21.7. The summed E-state index contributed by atoms with van der Waals surface area (Å²) in [6.07, 6.45) is 3.90. The van der Waals surface area contributed by atoms with Crippen LogP contribution in [0.4, 0.5) is 11.4 Å². The van der Waals surface area contributed by atoms with Gasteiger partial charge in [-0.3, -0.25) is 9.52 Å². The summed E-state index contributed by atoms with van der Waals surface area (Å²) in [5.74, 6) is -0.413. The van der Waals surface area contributed by atoms with Gasteiger partial charge in [-0.2, -0.15) is 0 Å². The van der Waals surface area contributed by atoms with Gasteiger partial charge >= 0.3 is 0 Å². The lowest BCUT2D eigenvalue weighted by molar-refractivity contribution is -0.111. The van der Waals surface area contributed by atoms with E-state index in [2.05, 4.69) is 14.8 Å². The van der Waals surface area contributed by atoms with Gasteiger partial charge in [0.25, 0.3) is 0 Å². The number of nitrogens with one attached hydrogen (secondary N) is 3. The molecule has 0 aliphatic heterocycles. The lowest BCUT2D eigenvalue weighted by Crippen LogP contribution is -2.22. The molecule has 0 atom stereocenters. The van der Waals surface area contributed by atoms with Gasteiger partial charge in [0.1, 0.15) is 0 Å². The van der Waals surface area contributed by atoms with Crippen LogP contribution in [0.1, 0.15) is 18.1 Å². The maximum atomic E-state index is 12.1. The van der Waals surface area contributed by atoms with Crippen LogP contribution in [0.5, 0.6) is 0 Å². The van der Waals surface area contributed by atoms with Gasteiger partial charge in [0.15, 0.2) is 0 Å². The molecule has 0 spiro atoms. The molecule has 0 heterocycles. The van der Waals surface area contributed by atoms with E-state index < -0.39 is 26.0 Å². The highest BCUT2D eigenvalue weighted by molar-refractivity contribution is 7.92. The van der Waals surface area contributed by atoms with Crippen molar-refractivity contribution in [3.63, 3.8) is 0 Å². The second kappa shape index (κ2) is 9.21. The van der Waals surface area contributed by atoms with Crippen molar-refractivity contribution in [1.29, 1.82) is 0 Å². The summed E-state index contributed by atoms with van der Waals surface area (Å²) in [5.41, 5.74) is 2.19. The normalized spacial score (nSPS) is 12.1. The molecule has 2 rings (SSSR count). The Hall–Kier alpha value is -2.69. The standard InChI is InChI=1S/C19H23N3O5S2/c1-4-20-29(26,27)17-10-6-15(7-11-17)8-12-19(23)21-16-9-5-14(2)18(13-16)22-28(3,24)25/h5-13,20,22H,4H2,1-3H3,(H,21,23)/b12-8+. The predicted octanol–water partition coefficient (Wildman–Crippen LogP) is 2.32. The van der Waals surface area contributed by atoms with Gasteiger partial charge in [0, 0.05) is 18.3 Å². The maximum absolute atomic E-state index is 12.1. The van der Waals surface area contributed by atoms with Crippen molar-refractivity contribution >= 4 is 43.4 Å². The SMILES string of the molecule is CCNS(=O)(=O)c1ccc(/C=C/C(=O)Nc2ccc(C)c(NS(C)(=O)=O)c2)cc1. The monoisotopic (exact) mass is 437 g/mol. The minimum absolute atomic E-state index is 0.145. The third kappa shape index (κ3) is 7.00. The van der Waals surface area contributed by atoms with Crippen molar-refractivity contribution in [1.82, 2.24) is 4.72 Å². The minimum atomic E-state index is -3.52. The van der Waals surface area contributed by atoms with Gasteiger partial charge in [-0.15, -0.1) is 0 Å². The molecule has 0 bridgehead atoms. The molecule has 0 aromatic heterocycles. The van der Waals surface area contributed by atoms with E-state index in [1.807, 2.05) is 0 Å². The lowest BCUT2D eigenvalue weighted by Gasteiger charge is -2.10. The lowest BCUT2D eigenvalue weighted by atomic mass is 10.2. The molecule has 0 radical (unpaired) electrons. The molecule has 0 aliphatic carbocycles. The number of hydrogen-bond acceptors (Lipinski definition) is 5. The largest absolute Gasteiger partial charge is 0.322 e. The number of carbonyl (C=O) groups is 1. The molecule has 0 saturated heterocycles. The quantitative estimate of drug-likeness (QED) is 0.547. The molecular weight excluding hydrogens is 414 g/mol. The van der Waals surface area contributed by atoms with E-state index in [9.17, 15) is 21.6 Å². The van der Waals surface area contributed by atoms with Gasteiger partial charge in [-0.25, -0.2) is 21.6 Å². The molecule has 2 aromatic carbocycles. The molecule has 0 aliphatic rings. The number of carbonyl (C=O) groups excluding carboxylic acids is 1. The molecular formula is C19H23N3O5S2. The van der Waals surface area contributed by atoms with E-state index in [0.29, 0.717) is 23.5 Å². The van der Waals surface area contributed by atoms with Crippen molar-refractivity contribution in [2.75, 3.05) is 22.8 Å². The first kappa shape index (κ1) is 22.6. The average molecular weight is 438 g/mol. The van der Waals surface area contributed by atoms with Crippen LogP contribution >= 0.6 is 0 Å². The first-order valence-electron chi connectivity index (χ1n) is 8.67. The van der Waals surface area contributed by atoms with Gasteiger partial charge in [0.2, 0.25) is 26.0 Å². The van der Waals surface area contributed by atoms with E-state index in [0.717, 1.165) is 11.8 Å². The van der Waals surface area contributed by atoms with Crippen LogP contribution in [0.2, 0.25) is 0 Å². The van der Waals surface area contributed by atoms with Crippen LogP contribution in [0.15, 0.2) is 53.4 Å². The third-order valence-electron chi connectivity index (χ3n) is 3.75. The fourth-order valence-electron chi connectivity index (χ4n) is 2.40. The molecule has 1 amide bonds. The number of rotatable bonds is 8.